The van der Waals surface area contributed by atoms with E-state index in [1.807, 2.05) is 13.0 Å². The van der Waals surface area contributed by atoms with Gasteiger partial charge in [0.15, 0.2) is 0 Å². The van der Waals surface area contributed by atoms with Crippen molar-refractivity contribution in [3.63, 3.8) is 0 Å². The molecule has 0 bridgehead atoms. The molecular weight excluding hydrogens is 271 g/mol. The first kappa shape index (κ1) is 13.2. The van der Waals surface area contributed by atoms with E-state index < -0.39 is 0 Å². The third-order valence-electron chi connectivity index (χ3n) is 2.85. The largest absolute Gasteiger partial charge is 0.381 e. The summed E-state index contributed by atoms with van der Waals surface area (Å²) in [6, 6.07) is 5.24. The Bertz CT molecular complexity index is 500. The van der Waals surface area contributed by atoms with Gasteiger partial charge in [0.05, 0.1) is 15.7 Å². The first-order valence-electron chi connectivity index (χ1n) is 5.80. The first-order valence-corrected chi connectivity index (χ1v) is 6.56. The summed E-state index contributed by atoms with van der Waals surface area (Å²) in [7, 11) is 0. The van der Waals surface area contributed by atoms with Crippen LogP contribution < -0.4 is 10.2 Å². The number of rotatable bonds is 1. The maximum absolute atomic E-state index is 12.3. The minimum absolute atomic E-state index is 0.0339. The van der Waals surface area contributed by atoms with E-state index in [0.29, 0.717) is 22.3 Å². The van der Waals surface area contributed by atoms with Crippen LogP contribution in [-0.2, 0) is 4.79 Å². The number of benzene rings is 1. The van der Waals surface area contributed by atoms with Gasteiger partial charge in [0.25, 0.3) is 5.91 Å². The lowest BCUT2D eigenvalue weighted by atomic mass is 10.2. The van der Waals surface area contributed by atoms with Crippen molar-refractivity contribution in [3.05, 3.63) is 40.0 Å². The van der Waals surface area contributed by atoms with Crippen molar-refractivity contribution in [3.8, 4) is 0 Å². The summed E-state index contributed by atoms with van der Waals surface area (Å²) in [5.41, 5.74) is 1.40. The third kappa shape index (κ3) is 2.62. The molecule has 0 saturated carbocycles. The number of anilines is 1. The van der Waals surface area contributed by atoms with Crippen LogP contribution in [0.25, 0.3) is 0 Å². The fraction of sp³-hybridized carbons (Fsp3) is 0.308. The summed E-state index contributed by atoms with van der Waals surface area (Å²) in [5.74, 6) is -0.0339. The number of hydrogen-bond acceptors (Lipinski definition) is 2. The van der Waals surface area contributed by atoms with Crippen LogP contribution in [-0.4, -0.2) is 19.0 Å². The molecule has 1 fully saturated rings. The van der Waals surface area contributed by atoms with Crippen molar-refractivity contribution in [2.45, 2.75) is 13.3 Å². The van der Waals surface area contributed by atoms with E-state index in [0.717, 1.165) is 18.7 Å². The molecule has 1 aromatic carbocycles. The van der Waals surface area contributed by atoms with Gasteiger partial charge in [0.1, 0.15) is 0 Å². The molecule has 0 radical (unpaired) electrons. The summed E-state index contributed by atoms with van der Waals surface area (Å²) in [6.45, 7) is 3.31. The van der Waals surface area contributed by atoms with Crippen LogP contribution >= 0.6 is 23.2 Å². The van der Waals surface area contributed by atoms with Crippen LogP contribution in [0, 0.1) is 0 Å². The predicted molar refractivity (Wildman–Crippen MR) is 75.2 cm³/mol. The van der Waals surface area contributed by atoms with Gasteiger partial charge >= 0.3 is 0 Å². The predicted octanol–water partition coefficient (Wildman–Crippen LogP) is 3.22. The fourth-order valence-corrected chi connectivity index (χ4v) is 2.20. The third-order valence-corrected chi connectivity index (χ3v) is 3.59. The Hall–Kier alpha value is -1.19. The first-order chi connectivity index (χ1) is 8.63. The summed E-state index contributed by atoms with van der Waals surface area (Å²) in [4.78, 5) is 14.0. The molecule has 1 aliphatic rings. The zero-order chi connectivity index (χ0) is 13.1. The van der Waals surface area contributed by atoms with Crippen molar-refractivity contribution >= 4 is 34.8 Å². The second kappa shape index (κ2) is 5.63. The highest BCUT2D eigenvalue weighted by atomic mass is 35.5. The van der Waals surface area contributed by atoms with E-state index in [2.05, 4.69) is 5.32 Å². The van der Waals surface area contributed by atoms with Gasteiger partial charge in [-0.2, -0.15) is 0 Å². The van der Waals surface area contributed by atoms with E-state index in [9.17, 15) is 4.79 Å². The second-order valence-electron chi connectivity index (χ2n) is 4.04. The van der Waals surface area contributed by atoms with E-state index in [1.54, 1.807) is 23.1 Å². The van der Waals surface area contributed by atoms with Crippen LogP contribution in [0.2, 0.25) is 10.0 Å². The van der Waals surface area contributed by atoms with Gasteiger partial charge in [0, 0.05) is 18.8 Å². The van der Waals surface area contributed by atoms with E-state index in [1.165, 1.54) is 0 Å². The number of nitrogens with one attached hydrogen (secondary N) is 1. The lowest BCUT2D eigenvalue weighted by molar-refractivity contribution is -0.115. The molecule has 0 aromatic heterocycles. The minimum Gasteiger partial charge on any atom is -0.381 e. The normalized spacial score (nSPS) is 18.7. The molecule has 1 N–H and O–H groups in total. The van der Waals surface area contributed by atoms with Gasteiger partial charge in [-0.25, -0.2) is 0 Å². The van der Waals surface area contributed by atoms with Crippen LogP contribution in [0.4, 0.5) is 5.69 Å². The summed E-state index contributed by atoms with van der Waals surface area (Å²) < 4.78 is 0. The zero-order valence-corrected chi connectivity index (χ0v) is 11.6. The highest BCUT2D eigenvalue weighted by molar-refractivity contribution is 6.42. The molecule has 2 rings (SSSR count). The van der Waals surface area contributed by atoms with E-state index >= 15 is 0 Å². The Morgan fingerprint density at radius 1 is 1.33 bits per heavy atom. The summed E-state index contributed by atoms with van der Waals surface area (Å²) in [6.07, 6.45) is 2.68. The number of halogens is 2. The van der Waals surface area contributed by atoms with Crippen molar-refractivity contribution in [2.75, 3.05) is 18.0 Å². The van der Waals surface area contributed by atoms with Crippen LogP contribution in [0.1, 0.15) is 13.3 Å². The SMILES string of the molecule is C/C=C1\NCCCN(c2ccc(Cl)c(Cl)c2)C1=O. The smallest absolute Gasteiger partial charge is 0.273 e. The molecular formula is C13H14Cl2N2O. The molecule has 5 heteroatoms. The van der Waals surface area contributed by atoms with Gasteiger partial charge in [0.2, 0.25) is 0 Å². The standard InChI is InChI=1S/C13H14Cl2N2O/c1-2-12-13(18)17(7-3-6-16-12)9-4-5-10(14)11(15)8-9/h2,4-5,8,16H,3,6-7H2,1H3/b12-2-. The number of carbonyl (C=O) groups is 1. The maximum Gasteiger partial charge on any atom is 0.273 e. The molecule has 0 atom stereocenters. The van der Waals surface area contributed by atoms with Crippen molar-refractivity contribution in [1.82, 2.24) is 5.32 Å². The number of hydrogen-bond donors (Lipinski definition) is 1. The van der Waals surface area contributed by atoms with Crippen LogP contribution in [0.5, 0.6) is 0 Å². The van der Waals surface area contributed by atoms with Gasteiger partial charge in [-0.05, 0) is 31.5 Å². The molecule has 18 heavy (non-hydrogen) atoms. The van der Waals surface area contributed by atoms with E-state index in [4.69, 9.17) is 23.2 Å². The van der Waals surface area contributed by atoms with Gasteiger partial charge < -0.3 is 10.2 Å². The molecule has 1 saturated heterocycles. The van der Waals surface area contributed by atoms with Crippen LogP contribution in [0.3, 0.4) is 0 Å². The number of allylic oxidation sites excluding steroid dienone is 1. The second-order valence-corrected chi connectivity index (χ2v) is 4.85. The van der Waals surface area contributed by atoms with E-state index in [-0.39, 0.29) is 5.91 Å². The molecule has 1 amide bonds. The molecule has 0 aliphatic carbocycles. The number of carbonyl (C=O) groups excluding carboxylic acids is 1. The Balaban J connectivity index is 2.35. The fourth-order valence-electron chi connectivity index (χ4n) is 1.91. The topological polar surface area (TPSA) is 32.3 Å². The Morgan fingerprint density at radius 3 is 2.78 bits per heavy atom. The Kier molecular flexibility index (Phi) is 4.15. The minimum atomic E-state index is -0.0339. The van der Waals surface area contributed by atoms with Crippen molar-refractivity contribution < 1.29 is 4.79 Å². The lowest BCUT2D eigenvalue weighted by Gasteiger charge is -2.21. The molecule has 3 nitrogen and oxygen atoms in total. The average molecular weight is 285 g/mol. The number of amides is 1. The Morgan fingerprint density at radius 2 is 2.11 bits per heavy atom. The monoisotopic (exact) mass is 284 g/mol. The molecule has 0 unspecified atom stereocenters. The highest BCUT2D eigenvalue weighted by Crippen LogP contribution is 2.28. The highest BCUT2D eigenvalue weighted by Gasteiger charge is 2.22. The number of nitrogens with zero attached hydrogens (tertiary/aromatic N) is 1. The maximum atomic E-state index is 12.3. The molecule has 0 spiro atoms. The Labute approximate surface area is 116 Å². The molecule has 1 aliphatic heterocycles. The van der Waals surface area contributed by atoms with Gasteiger partial charge in [-0.1, -0.05) is 29.3 Å². The van der Waals surface area contributed by atoms with Crippen LogP contribution in [0.15, 0.2) is 30.0 Å². The molecule has 1 heterocycles. The van der Waals surface area contributed by atoms with Gasteiger partial charge in [-0.15, -0.1) is 0 Å². The zero-order valence-electron chi connectivity index (χ0n) is 10.0. The molecule has 96 valence electrons. The summed E-state index contributed by atoms with van der Waals surface area (Å²) >= 11 is 11.9. The van der Waals surface area contributed by atoms with Crippen molar-refractivity contribution in [1.29, 1.82) is 0 Å². The quantitative estimate of drug-likeness (QED) is 0.803. The molecule has 1 aromatic rings. The summed E-state index contributed by atoms with van der Waals surface area (Å²) in [5, 5.41) is 4.07. The van der Waals surface area contributed by atoms with Crippen molar-refractivity contribution in [2.24, 2.45) is 0 Å². The lowest BCUT2D eigenvalue weighted by Crippen LogP contribution is -2.33. The average Bonchev–Trinajstić information content (AvgIpc) is 2.54. The van der Waals surface area contributed by atoms with Gasteiger partial charge in [-0.3, -0.25) is 4.79 Å².